The number of rotatable bonds is 9. The van der Waals surface area contributed by atoms with E-state index in [1.54, 1.807) is 18.3 Å². The first kappa shape index (κ1) is 22.4. The molecular weight excluding hydrogens is 421 g/mol. The molecule has 3 rings (SSSR count). The number of nitrogens with one attached hydrogen (secondary N) is 1. The molecule has 10 heteroatoms. The number of halogens is 5. The Balaban J connectivity index is 1.57. The number of alkyl halides is 4. The van der Waals surface area contributed by atoms with Gasteiger partial charge in [0.2, 0.25) is 0 Å². The van der Waals surface area contributed by atoms with Crippen molar-refractivity contribution >= 4 is 11.6 Å². The van der Waals surface area contributed by atoms with Crippen LogP contribution in [0.25, 0.3) is 0 Å². The average Bonchev–Trinajstić information content (AvgIpc) is 3.14. The minimum Gasteiger partial charge on any atom is -0.370 e. The summed E-state index contributed by atoms with van der Waals surface area (Å²) in [5.74, 6) is -5.08. The largest absolute Gasteiger partial charge is 0.370 e. The van der Waals surface area contributed by atoms with Crippen molar-refractivity contribution < 1.29 is 31.5 Å². The third-order valence-electron chi connectivity index (χ3n) is 4.20. The molecule has 164 valence electrons. The number of anilines is 1. The van der Waals surface area contributed by atoms with E-state index in [9.17, 15) is 26.7 Å². The lowest BCUT2D eigenvalue weighted by Crippen LogP contribution is -2.32. The zero-order chi connectivity index (χ0) is 22.4. The van der Waals surface area contributed by atoms with Crippen LogP contribution < -0.4 is 5.32 Å². The van der Waals surface area contributed by atoms with Crippen LogP contribution in [-0.4, -0.2) is 34.6 Å². The third-order valence-corrected chi connectivity index (χ3v) is 4.20. The number of carbonyl (C=O) groups is 1. The summed E-state index contributed by atoms with van der Waals surface area (Å²) in [6, 6.07) is 12.0. The molecule has 1 heterocycles. The third kappa shape index (κ3) is 6.35. The zero-order valence-corrected chi connectivity index (χ0v) is 16.1. The molecule has 31 heavy (non-hydrogen) atoms. The van der Waals surface area contributed by atoms with Crippen molar-refractivity contribution in [1.29, 1.82) is 0 Å². The van der Waals surface area contributed by atoms with Crippen molar-refractivity contribution in [2.24, 2.45) is 0 Å². The molecule has 0 atom stereocenters. The van der Waals surface area contributed by atoms with Gasteiger partial charge in [0, 0.05) is 11.8 Å². The number of hydrogen-bond donors (Lipinski definition) is 1. The molecule has 0 aliphatic rings. The van der Waals surface area contributed by atoms with Gasteiger partial charge in [0.05, 0.1) is 25.0 Å². The topological polar surface area (TPSA) is 56.2 Å². The Hall–Kier alpha value is -3.27. The summed E-state index contributed by atoms with van der Waals surface area (Å²) in [4.78, 5) is 12.4. The van der Waals surface area contributed by atoms with Crippen molar-refractivity contribution in [2.45, 2.75) is 25.5 Å². The summed E-state index contributed by atoms with van der Waals surface area (Å²) >= 11 is 0. The summed E-state index contributed by atoms with van der Waals surface area (Å²) in [5.41, 5.74) is 1.70. The molecule has 0 saturated carbocycles. The fourth-order valence-electron chi connectivity index (χ4n) is 2.71. The van der Waals surface area contributed by atoms with Gasteiger partial charge in [0.1, 0.15) is 12.4 Å². The van der Waals surface area contributed by atoms with Crippen molar-refractivity contribution in [3.05, 3.63) is 83.4 Å². The van der Waals surface area contributed by atoms with E-state index in [2.05, 4.69) is 15.2 Å². The van der Waals surface area contributed by atoms with Crippen LogP contribution in [0.1, 0.15) is 21.5 Å². The molecule has 3 aromatic rings. The number of benzene rings is 2. The molecule has 2 aromatic carbocycles. The molecule has 5 nitrogen and oxygen atoms in total. The van der Waals surface area contributed by atoms with Crippen LogP contribution in [0, 0.1) is 5.82 Å². The lowest BCUT2D eigenvalue weighted by Gasteiger charge is -2.15. The van der Waals surface area contributed by atoms with E-state index in [1.165, 1.54) is 47.3 Å². The maximum Gasteiger partial charge on any atom is 0.330 e. The minimum absolute atomic E-state index is 0.222. The second kappa shape index (κ2) is 9.69. The maximum absolute atomic E-state index is 13.3. The Bertz CT molecular complexity index is 1040. The van der Waals surface area contributed by atoms with Crippen LogP contribution in [0.15, 0.2) is 60.9 Å². The molecule has 1 N–H and O–H groups in total. The van der Waals surface area contributed by atoms with Gasteiger partial charge in [-0.2, -0.15) is 13.9 Å². The summed E-state index contributed by atoms with van der Waals surface area (Å²) in [5, 5.41) is 6.75. The zero-order valence-electron chi connectivity index (χ0n) is 16.1. The van der Waals surface area contributed by atoms with Crippen LogP contribution in [0.3, 0.4) is 0 Å². The van der Waals surface area contributed by atoms with Crippen LogP contribution in [-0.2, 0) is 17.9 Å². The highest BCUT2D eigenvalue weighted by molar-refractivity contribution is 6.04. The molecule has 1 amide bonds. The molecule has 1 aromatic heterocycles. The number of ether oxygens (including phenoxy) is 1. The van der Waals surface area contributed by atoms with E-state index in [0.29, 0.717) is 23.4 Å². The van der Waals surface area contributed by atoms with Crippen LogP contribution in [0.5, 0.6) is 0 Å². The molecule has 0 saturated heterocycles. The average molecular weight is 439 g/mol. The predicted molar refractivity (Wildman–Crippen MR) is 103 cm³/mol. The summed E-state index contributed by atoms with van der Waals surface area (Å²) in [7, 11) is 0. The standard InChI is InChI=1S/C21H18F5N3O2/c22-17-6-2-3-14(8-17)10-29-11-18(9-27-29)28-19(30)16-5-1-4-15(7-16)12-31-13-21(25,26)20(23)24/h1-9,11,20H,10,12-13H2,(H,28,30). The van der Waals surface area contributed by atoms with Gasteiger partial charge in [0.25, 0.3) is 5.91 Å². The van der Waals surface area contributed by atoms with E-state index in [1.807, 2.05) is 0 Å². The quantitative estimate of drug-likeness (QED) is 0.490. The van der Waals surface area contributed by atoms with Crippen molar-refractivity contribution in [3.63, 3.8) is 0 Å². The van der Waals surface area contributed by atoms with E-state index >= 15 is 0 Å². The monoisotopic (exact) mass is 439 g/mol. The first-order chi connectivity index (χ1) is 14.7. The van der Waals surface area contributed by atoms with Gasteiger partial charge >= 0.3 is 12.3 Å². The van der Waals surface area contributed by atoms with Gasteiger partial charge in [-0.3, -0.25) is 9.48 Å². The van der Waals surface area contributed by atoms with E-state index in [-0.39, 0.29) is 18.0 Å². The number of carbonyl (C=O) groups excluding carboxylic acids is 1. The number of aromatic nitrogens is 2. The Morgan fingerprint density at radius 3 is 2.61 bits per heavy atom. The van der Waals surface area contributed by atoms with Gasteiger partial charge in [0.15, 0.2) is 0 Å². The fourth-order valence-corrected chi connectivity index (χ4v) is 2.71. The van der Waals surface area contributed by atoms with E-state index in [4.69, 9.17) is 0 Å². The molecule has 0 bridgehead atoms. The van der Waals surface area contributed by atoms with Gasteiger partial charge in [-0.15, -0.1) is 0 Å². The first-order valence-corrected chi connectivity index (χ1v) is 9.14. The number of amides is 1. The fraction of sp³-hybridized carbons (Fsp3) is 0.238. The molecular formula is C21H18F5N3O2. The van der Waals surface area contributed by atoms with Crippen molar-refractivity contribution in [3.8, 4) is 0 Å². The highest BCUT2D eigenvalue weighted by Gasteiger charge is 2.40. The SMILES string of the molecule is O=C(Nc1cnn(Cc2cccc(F)c2)c1)c1cccc(COCC(F)(F)C(F)F)c1. The van der Waals surface area contributed by atoms with Crippen LogP contribution in [0.2, 0.25) is 0 Å². The van der Waals surface area contributed by atoms with E-state index < -0.39 is 24.9 Å². The molecule has 0 aliphatic heterocycles. The second-order valence-electron chi connectivity index (χ2n) is 6.77. The smallest absolute Gasteiger partial charge is 0.330 e. The van der Waals surface area contributed by atoms with Gasteiger partial charge in [-0.1, -0.05) is 24.3 Å². The molecule has 0 unspecified atom stereocenters. The molecule has 0 spiro atoms. The van der Waals surface area contributed by atoms with E-state index in [0.717, 1.165) is 0 Å². The predicted octanol–water partition coefficient (Wildman–Crippen LogP) is 4.74. The Morgan fingerprint density at radius 2 is 1.87 bits per heavy atom. The molecule has 0 radical (unpaired) electrons. The second-order valence-corrected chi connectivity index (χ2v) is 6.77. The van der Waals surface area contributed by atoms with Gasteiger partial charge < -0.3 is 10.1 Å². The highest BCUT2D eigenvalue weighted by atomic mass is 19.3. The number of hydrogen-bond acceptors (Lipinski definition) is 3. The summed E-state index contributed by atoms with van der Waals surface area (Å²) in [6.45, 7) is -1.47. The lowest BCUT2D eigenvalue weighted by atomic mass is 10.1. The summed E-state index contributed by atoms with van der Waals surface area (Å²) in [6.07, 6.45) is -0.815. The number of nitrogens with zero attached hydrogens (tertiary/aromatic N) is 2. The minimum atomic E-state index is -4.24. The molecule has 0 aliphatic carbocycles. The van der Waals surface area contributed by atoms with Gasteiger partial charge in [-0.05, 0) is 35.4 Å². The van der Waals surface area contributed by atoms with Crippen molar-refractivity contribution in [1.82, 2.24) is 9.78 Å². The maximum atomic E-state index is 13.3. The lowest BCUT2D eigenvalue weighted by molar-refractivity contribution is -0.168. The molecule has 0 fully saturated rings. The van der Waals surface area contributed by atoms with Crippen LogP contribution in [0.4, 0.5) is 27.6 Å². The first-order valence-electron chi connectivity index (χ1n) is 9.14. The highest BCUT2D eigenvalue weighted by Crippen LogP contribution is 2.23. The summed E-state index contributed by atoms with van der Waals surface area (Å²) < 4.78 is 69.5. The van der Waals surface area contributed by atoms with Crippen LogP contribution >= 0.6 is 0 Å². The van der Waals surface area contributed by atoms with Crippen molar-refractivity contribution in [2.75, 3.05) is 11.9 Å². The normalized spacial score (nSPS) is 11.7. The van der Waals surface area contributed by atoms with Gasteiger partial charge in [-0.25, -0.2) is 13.2 Å². The Morgan fingerprint density at radius 1 is 1.13 bits per heavy atom. The Kier molecular flexibility index (Phi) is 7.01. The Labute approximate surface area is 174 Å².